The van der Waals surface area contributed by atoms with Gasteiger partial charge in [-0.25, -0.2) is 13.4 Å². The second-order valence-corrected chi connectivity index (χ2v) is 12.1. The Kier molecular flexibility index (Phi) is 7.86. The molecule has 0 bridgehead atoms. The number of furan rings is 1. The highest BCUT2D eigenvalue weighted by Crippen LogP contribution is 2.22. The van der Waals surface area contributed by atoms with E-state index >= 15 is 0 Å². The fraction of sp³-hybridized carbons (Fsp3) is 0.417. The fourth-order valence-corrected chi connectivity index (χ4v) is 6.51. The van der Waals surface area contributed by atoms with E-state index < -0.39 is 39.7 Å². The van der Waals surface area contributed by atoms with Crippen molar-refractivity contribution in [2.45, 2.75) is 49.5 Å². The van der Waals surface area contributed by atoms with Crippen LogP contribution in [0.1, 0.15) is 43.7 Å². The van der Waals surface area contributed by atoms with Crippen LogP contribution in [0.4, 0.5) is 0 Å². The van der Waals surface area contributed by atoms with Crippen LogP contribution in [0.2, 0.25) is 0 Å². The highest BCUT2D eigenvalue weighted by atomic mass is 32.2. The Bertz CT molecular complexity index is 1320. The molecule has 0 radical (unpaired) electrons. The molecule has 2 amide bonds. The quantitative estimate of drug-likeness (QED) is 0.455. The molecule has 2 N–H and O–H groups in total. The third kappa shape index (κ3) is 5.82. The normalized spacial score (nSPS) is 18.2. The Morgan fingerprint density at radius 2 is 2.06 bits per heavy atom. The van der Waals surface area contributed by atoms with Crippen molar-refractivity contribution in [3.63, 3.8) is 0 Å². The van der Waals surface area contributed by atoms with Crippen molar-refractivity contribution in [3.05, 3.63) is 47.7 Å². The van der Waals surface area contributed by atoms with E-state index in [0.29, 0.717) is 24.8 Å². The molecule has 1 fully saturated rings. The van der Waals surface area contributed by atoms with Gasteiger partial charge in [-0.3, -0.25) is 14.4 Å². The summed E-state index contributed by atoms with van der Waals surface area (Å²) in [6.45, 7) is 3.64. The molecule has 0 aliphatic carbocycles. The number of aromatic nitrogens is 1. The SMILES string of the molecule is CC(C)CC(NC(=O)c1cc2ccccc2o1)C(=O)N[C@H]1CCCN(S(=O)(=O)c2nccs2)CC1=O. The smallest absolute Gasteiger partial charge is 0.287 e. The standard InChI is InChI=1S/C24H28N4O6S2/c1-15(2)12-18(27-23(31)21-13-16-6-3-4-8-20(16)34-21)22(30)26-17-7-5-10-28(14-19(17)29)36(32,33)24-25-9-11-35-24/h3-4,6,8-9,11,13,15,17-18H,5,7,10,12,14H2,1-2H3,(H,26,30)(H,27,31)/t17-,18?/m0/s1. The third-order valence-corrected chi connectivity index (χ3v) is 8.91. The summed E-state index contributed by atoms with van der Waals surface area (Å²) in [6.07, 6.45) is 2.43. The number of thiazole rings is 1. The molecular weight excluding hydrogens is 504 g/mol. The summed E-state index contributed by atoms with van der Waals surface area (Å²) in [5.41, 5.74) is 0.564. The van der Waals surface area contributed by atoms with Gasteiger partial charge in [0.05, 0.1) is 12.6 Å². The zero-order valence-corrected chi connectivity index (χ0v) is 21.6. The molecule has 36 heavy (non-hydrogen) atoms. The Labute approximate surface area is 213 Å². The van der Waals surface area contributed by atoms with E-state index in [-0.39, 0.29) is 29.1 Å². The summed E-state index contributed by atoms with van der Waals surface area (Å²) in [5.74, 6) is -1.26. The number of para-hydroxylation sites is 1. The highest BCUT2D eigenvalue weighted by molar-refractivity contribution is 7.91. The second kappa shape index (κ2) is 10.9. The van der Waals surface area contributed by atoms with Crippen LogP contribution in [0.15, 0.2) is 50.7 Å². The number of hydrogen-bond acceptors (Lipinski definition) is 8. The number of amides is 2. The second-order valence-electron chi connectivity index (χ2n) is 9.11. The molecule has 0 spiro atoms. The predicted molar refractivity (Wildman–Crippen MR) is 134 cm³/mol. The summed E-state index contributed by atoms with van der Waals surface area (Å²) in [7, 11) is -3.88. The fourth-order valence-electron chi connectivity index (χ4n) is 4.10. The van der Waals surface area contributed by atoms with Crippen molar-refractivity contribution < 1.29 is 27.2 Å². The van der Waals surface area contributed by atoms with Gasteiger partial charge in [0.25, 0.3) is 15.9 Å². The first kappa shape index (κ1) is 26.0. The van der Waals surface area contributed by atoms with Gasteiger partial charge in [-0.2, -0.15) is 4.31 Å². The summed E-state index contributed by atoms with van der Waals surface area (Å²) in [4.78, 5) is 42.8. The first-order valence-electron chi connectivity index (χ1n) is 11.7. The van der Waals surface area contributed by atoms with E-state index in [9.17, 15) is 22.8 Å². The molecule has 4 rings (SSSR count). The van der Waals surface area contributed by atoms with Crippen molar-refractivity contribution in [3.8, 4) is 0 Å². The Morgan fingerprint density at radius 1 is 1.28 bits per heavy atom. The minimum absolute atomic E-state index is 0.0666. The van der Waals surface area contributed by atoms with Gasteiger partial charge in [-0.05, 0) is 37.3 Å². The number of hydrogen-bond donors (Lipinski definition) is 2. The maximum Gasteiger partial charge on any atom is 0.287 e. The van der Waals surface area contributed by atoms with E-state index in [1.54, 1.807) is 23.6 Å². The maximum absolute atomic E-state index is 13.2. The van der Waals surface area contributed by atoms with Gasteiger partial charge in [0.1, 0.15) is 11.6 Å². The largest absolute Gasteiger partial charge is 0.451 e. The minimum atomic E-state index is -3.88. The number of sulfonamides is 1. The van der Waals surface area contributed by atoms with Crippen LogP contribution in [0.25, 0.3) is 11.0 Å². The van der Waals surface area contributed by atoms with Crippen molar-refractivity contribution in [2.24, 2.45) is 5.92 Å². The van der Waals surface area contributed by atoms with Gasteiger partial charge in [-0.15, -0.1) is 11.3 Å². The Balaban J connectivity index is 1.44. The molecule has 10 nitrogen and oxygen atoms in total. The number of fused-ring (bicyclic) bond motifs is 1. The lowest BCUT2D eigenvalue weighted by molar-refractivity contribution is -0.129. The monoisotopic (exact) mass is 532 g/mol. The van der Waals surface area contributed by atoms with Crippen LogP contribution in [0, 0.1) is 5.92 Å². The Morgan fingerprint density at radius 3 is 2.75 bits per heavy atom. The summed E-state index contributed by atoms with van der Waals surface area (Å²) in [5, 5.41) is 7.80. The molecular formula is C24H28N4O6S2. The van der Waals surface area contributed by atoms with E-state index in [2.05, 4.69) is 15.6 Å². The van der Waals surface area contributed by atoms with Crippen LogP contribution in [-0.4, -0.2) is 60.5 Å². The molecule has 2 aromatic heterocycles. The van der Waals surface area contributed by atoms with Gasteiger partial charge < -0.3 is 15.1 Å². The molecule has 3 heterocycles. The Hall–Kier alpha value is -3.09. The first-order chi connectivity index (χ1) is 17.1. The first-order valence-corrected chi connectivity index (χ1v) is 14.0. The number of carbonyl (C=O) groups is 3. The number of nitrogens with one attached hydrogen (secondary N) is 2. The van der Waals surface area contributed by atoms with E-state index in [1.807, 2.05) is 26.0 Å². The molecule has 1 aromatic carbocycles. The molecule has 3 aromatic rings. The predicted octanol–water partition coefficient (Wildman–Crippen LogP) is 2.57. The summed E-state index contributed by atoms with van der Waals surface area (Å²) >= 11 is 0.988. The van der Waals surface area contributed by atoms with Gasteiger partial charge >= 0.3 is 0 Å². The molecule has 1 aliphatic heterocycles. The van der Waals surface area contributed by atoms with Crippen LogP contribution < -0.4 is 10.6 Å². The van der Waals surface area contributed by atoms with E-state index in [4.69, 9.17) is 4.42 Å². The molecule has 2 atom stereocenters. The highest BCUT2D eigenvalue weighted by Gasteiger charge is 2.35. The van der Waals surface area contributed by atoms with Crippen LogP contribution in [0.3, 0.4) is 0 Å². The van der Waals surface area contributed by atoms with Gasteiger partial charge in [0.2, 0.25) is 10.2 Å². The van der Waals surface area contributed by atoms with Gasteiger partial charge in [0.15, 0.2) is 11.5 Å². The zero-order valence-electron chi connectivity index (χ0n) is 20.0. The number of nitrogens with zero attached hydrogens (tertiary/aromatic N) is 2. The van der Waals surface area contributed by atoms with Crippen LogP contribution >= 0.6 is 11.3 Å². The number of ketones is 1. The third-order valence-electron chi connectivity index (χ3n) is 5.89. The van der Waals surface area contributed by atoms with Crippen LogP contribution in [0.5, 0.6) is 0 Å². The molecule has 12 heteroatoms. The average molecular weight is 533 g/mol. The average Bonchev–Trinajstić information content (AvgIpc) is 3.49. The van der Waals surface area contributed by atoms with Gasteiger partial charge in [0, 0.05) is 23.5 Å². The number of Topliss-reactive ketones (excluding diaryl/α,β-unsaturated/α-hetero) is 1. The summed E-state index contributed by atoms with van der Waals surface area (Å²) < 4.78 is 32.3. The molecule has 1 aliphatic rings. The van der Waals surface area contributed by atoms with Crippen LogP contribution in [-0.2, 0) is 19.6 Å². The topological polar surface area (TPSA) is 139 Å². The summed E-state index contributed by atoms with van der Waals surface area (Å²) in [6, 6.07) is 7.08. The van der Waals surface area contributed by atoms with Crippen molar-refractivity contribution in [2.75, 3.05) is 13.1 Å². The van der Waals surface area contributed by atoms with Gasteiger partial charge in [-0.1, -0.05) is 32.0 Å². The molecule has 0 saturated carbocycles. The van der Waals surface area contributed by atoms with E-state index in [0.717, 1.165) is 21.0 Å². The lowest BCUT2D eigenvalue weighted by atomic mass is 10.0. The van der Waals surface area contributed by atoms with Crippen molar-refractivity contribution >= 4 is 49.9 Å². The van der Waals surface area contributed by atoms with Crippen molar-refractivity contribution in [1.82, 2.24) is 19.9 Å². The number of benzene rings is 1. The molecule has 1 saturated heterocycles. The van der Waals surface area contributed by atoms with Crippen molar-refractivity contribution in [1.29, 1.82) is 0 Å². The number of rotatable bonds is 8. The minimum Gasteiger partial charge on any atom is -0.451 e. The maximum atomic E-state index is 13.2. The zero-order chi connectivity index (χ0) is 25.9. The molecule has 192 valence electrons. The molecule has 1 unspecified atom stereocenters. The lowest BCUT2D eigenvalue weighted by Crippen LogP contribution is -2.52. The lowest BCUT2D eigenvalue weighted by Gasteiger charge is -2.23. The number of carbonyl (C=O) groups excluding carboxylic acids is 3. The van der Waals surface area contributed by atoms with E-state index in [1.165, 1.54) is 6.20 Å².